The van der Waals surface area contributed by atoms with Crippen molar-refractivity contribution < 1.29 is 4.39 Å². The number of fused-ring (bicyclic) bond motifs is 6. The van der Waals surface area contributed by atoms with Gasteiger partial charge in [0, 0.05) is 27.2 Å². The fraction of sp³-hybridized carbons (Fsp3) is 0.0882. The highest BCUT2D eigenvalue weighted by atomic mass is 19.1. The monoisotopic (exact) mass is 536 g/mol. The molecule has 0 bridgehead atoms. The zero-order valence-electron chi connectivity index (χ0n) is 22.8. The number of rotatable bonds is 3. The maximum Gasteiger partial charge on any atom is 0.148 e. The molecule has 4 heterocycles. The van der Waals surface area contributed by atoms with Crippen LogP contribution in [0.5, 0.6) is 0 Å². The van der Waals surface area contributed by atoms with Crippen molar-refractivity contribution in [1.29, 1.82) is 0 Å². The Hall–Kier alpha value is -5.30. The Morgan fingerprint density at radius 2 is 1.27 bits per heavy atom. The normalized spacial score (nSPS) is 11.9. The van der Waals surface area contributed by atoms with E-state index in [4.69, 9.17) is 4.98 Å². The number of hydrogen-bond acceptors (Lipinski definition) is 3. The van der Waals surface area contributed by atoms with E-state index in [1.807, 2.05) is 42.7 Å². The largest absolute Gasteiger partial charge is 0.294 e. The van der Waals surface area contributed by atoms with Crippen LogP contribution in [0.15, 0.2) is 97.1 Å². The maximum absolute atomic E-state index is 15.8. The molecule has 0 atom stereocenters. The van der Waals surface area contributed by atoms with Gasteiger partial charge in [-0.05, 0) is 74.9 Å². The van der Waals surface area contributed by atoms with Gasteiger partial charge in [0.15, 0.2) is 0 Å². The summed E-state index contributed by atoms with van der Waals surface area (Å²) in [4.78, 5) is 9.76. The van der Waals surface area contributed by atoms with Crippen LogP contribution in [-0.4, -0.2) is 28.9 Å². The molecule has 0 aliphatic rings. The topological polar surface area (TPSA) is 53.5 Å². The van der Waals surface area contributed by atoms with E-state index in [1.165, 1.54) is 11.6 Å². The molecule has 0 saturated heterocycles. The highest BCUT2D eigenvalue weighted by Crippen LogP contribution is 2.38. The second kappa shape index (κ2) is 8.60. The van der Waals surface area contributed by atoms with E-state index in [9.17, 15) is 0 Å². The van der Waals surface area contributed by atoms with Gasteiger partial charge in [0.2, 0.25) is 0 Å². The van der Waals surface area contributed by atoms with Crippen LogP contribution in [0.25, 0.3) is 60.9 Å². The lowest BCUT2D eigenvalue weighted by atomic mass is 10.1. The first-order valence-corrected chi connectivity index (χ1v) is 13.6. The molecule has 0 amide bonds. The van der Waals surface area contributed by atoms with Gasteiger partial charge in [-0.25, -0.2) is 19.0 Å². The van der Waals surface area contributed by atoms with Crippen molar-refractivity contribution in [2.75, 3.05) is 0 Å². The molecule has 4 aromatic carbocycles. The first-order chi connectivity index (χ1) is 20.0. The molecule has 198 valence electrons. The molecule has 7 heteroatoms. The van der Waals surface area contributed by atoms with Crippen molar-refractivity contribution in [3.05, 3.63) is 120 Å². The molecule has 8 rings (SSSR count). The van der Waals surface area contributed by atoms with Crippen molar-refractivity contribution in [2.24, 2.45) is 0 Å². The number of pyridine rings is 1. The van der Waals surface area contributed by atoms with Crippen LogP contribution in [0.4, 0.5) is 4.39 Å². The van der Waals surface area contributed by atoms with Crippen LogP contribution in [0, 0.1) is 26.6 Å². The van der Waals surface area contributed by atoms with Gasteiger partial charge < -0.3 is 0 Å². The molecule has 41 heavy (non-hydrogen) atoms. The second-order valence-electron chi connectivity index (χ2n) is 10.5. The molecular weight excluding hydrogens is 511 g/mol. The van der Waals surface area contributed by atoms with Gasteiger partial charge in [0.1, 0.15) is 28.8 Å². The fourth-order valence-electron chi connectivity index (χ4n) is 6.09. The zero-order chi connectivity index (χ0) is 27.8. The first kappa shape index (κ1) is 23.6. The number of nitrogens with zero attached hydrogens (tertiary/aromatic N) is 6. The van der Waals surface area contributed by atoms with Crippen LogP contribution < -0.4 is 0 Å². The summed E-state index contributed by atoms with van der Waals surface area (Å²) in [5, 5.41) is 8.70. The Balaban J connectivity index is 1.51. The fourth-order valence-corrected chi connectivity index (χ4v) is 6.09. The number of aromatic nitrogens is 6. The highest BCUT2D eigenvalue weighted by Gasteiger charge is 2.21. The summed E-state index contributed by atoms with van der Waals surface area (Å²) in [5.41, 5.74) is 6.83. The molecule has 8 aromatic rings. The number of halogens is 1. The average Bonchev–Trinajstić information content (AvgIpc) is 3.60. The zero-order valence-corrected chi connectivity index (χ0v) is 22.8. The standard InChI is InChI=1S/C34H25FN6/c1-20-9-8-10-23(17-20)39-30-13-6-4-11-25(30)27-19-28-26-12-5-7-14-31(26)40(34(28)37-33(27)39)32-18-24(15-16-29(32)35)41-22(3)36-21(2)38-41/h4-19H,1-3H3. The smallest absolute Gasteiger partial charge is 0.148 e. The van der Waals surface area contributed by atoms with Gasteiger partial charge in [0.05, 0.1) is 22.4 Å². The summed E-state index contributed by atoms with van der Waals surface area (Å²) < 4.78 is 21.7. The van der Waals surface area contributed by atoms with E-state index < -0.39 is 0 Å². The van der Waals surface area contributed by atoms with E-state index in [1.54, 1.807) is 10.7 Å². The molecule has 0 unspecified atom stereocenters. The SMILES string of the molecule is Cc1cccc(-n2c3ccccc3c3cc4c5ccccc5n(-c5cc(-n6nc(C)nc6C)ccc5F)c4nc32)c1. The maximum atomic E-state index is 15.8. The Labute approximate surface area is 234 Å². The molecule has 0 N–H and O–H groups in total. The van der Waals surface area contributed by atoms with Gasteiger partial charge >= 0.3 is 0 Å². The van der Waals surface area contributed by atoms with Crippen LogP contribution in [0.3, 0.4) is 0 Å². The van der Waals surface area contributed by atoms with Gasteiger partial charge in [-0.2, -0.15) is 5.10 Å². The third-order valence-electron chi connectivity index (χ3n) is 7.83. The first-order valence-electron chi connectivity index (χ1n) is 13.6. The van der Waals surface area contributed by atoms with Crippen molar-refractivity contribution in [1.82, 2.24) is 28.9 Å². The van der Waals surface area contributed by atoms with Crippen LogP contribution in [-0.2, 0) is 0 Å². The number of hydrogen-bond donors (Lipinski definition) is 0. The summed E-state index contributed by atoms with van der Waals surface area (Å²) in [6.07, 6.45) is 0. The van der Waals surface area contributed by atoms with Crippen LogP contribution >= 0.6 is 0 Å². The minimum Gasteiger partial charge on any atom is -0.294 e. The summed E-state index contributed by atoms with van der Waals surface area (Å²) in [5.74, 6) is 1.06. The van der Waals surface area contributed by atoms with Crippen molar-refractivity contribution in [3.63, 3.8) is 0 Å². The molecule has 0 radical (unpaired) electrons. The van der Waals surface area contributed by atoms with Gasteiger partial charge in [-0.1, -0.05) is 48.5 Å². The van der Waals surface area contributed by atoms with Crippen molar-refractivity contribution >= 4 is 43.9 Å². The Morgan fingerprint density at radius 1 is 0.585 bits per heavy atom. The summed E-state index contributed by atoms with van der Waals surface area (Å²) >= 11 is 0. The van der Waals surface area contributed by atoms with Gasteiger partial charge in [-0.3, -0.25) is 9.13 Å². The van der Waals surface area contributed by atoms with E-state index in [-0.39, 0.29) is 5.82 Å². The minimum absolute atomic E-state index is 0.341. The van der Waals surface area contributed by atoms with Crippen molar-refractivity contribution in [2.45, 2.75) is 20.8 Å². The molecule has 0 fully saturated rings. The van der Waals surface area contributed by atoms with Crippen LogP contribution in [0.1, 0.15) is 17.2 Å². The third kappa shape index (κ3) is 3.45. The predicted molar refractivity (Wildman–Crippen MR) is 162 cm³/mol. The molecular formula is C34H25FN6. The van der Waals surface area contributed by atoms with Gasteiger partial charge in [0.25, 0.3) is 0 Å². The Kier molecular flexibility index (Phi) is 4.94. The summed E-state index contributed by atoms with van der Waals surface area (Å²) in [6.45, 7) is 5.84. The Bertz CT molecular complexity index is 2320. The predicted octanol–water partition coefficient (Wildman–Crippen LogP) is 7.92. The lowest BCUT2D eigenvalue weighted by Gasteiger charge is -2.12. The molecule has 0 saturated carbocycles. The average molecular weight is 537 g/mol. The quantitative estimate of drug-likeness (QED) is 0.230. The van der Waals surface area contributed by atoms with Gasteiger partial charge in [-0.15, -0.1) is 0 Å². The molecule has 0 aliphatic heterocycles. The Morgan fingerprint density at radius 3 is 1.95 bits per heavy atom. The molecule has 0 aliphatic carbocycles. The lowest BCUT2D eigenvalue weighted by molar-refractivity contribution is 0.619. The van der Waals surface area contributed by atoms with E-state index in [0.717, 1.165) is 55.4 Å². The van der Waals surface area contributed by atoms with E-state index in [0.29, 0.717) is 17.2 Å². The van der Waals surface area contributed by atoms with Crippen molar-refractivity contribution in [3.8, 4) is 17.1 Å². The molecule has 6 nitrogen and oxygen atoms in total. The van der Waals surface area contributed by atoms with Crippen LogP contribution in [0.2, 0.25) is 0 Å². The third-order valence-corrected chi connectivity index (χ3v) is 7.83. The highest BCUT2D eigenvalue weighted by molar-refractivity contribution is 6.16. The summed E-state index contributed by atoms with van der Waals surface area (Å²) in [6, 6.07) is 32.1. The lowest BCUT2D eigenvalue weighted by Crippen LogP contribution is -2.04. The van der Waals surface area contributed by atoms with E-state index >= 15 is 4.39 Å². The number of aryl methyl sites for hydroxylation is 3. The summed E-state index contributed by atoms with van der Waals surface area (Å²) in [7, 11) is 0. The number of para-hydroxylation sites is 2. The minimum atomic E-state index is -0.341. The number of benzene rings is 4. The second-order valence-corrected chi connectivity index (χ2v) is 10.5. The van der Waals surface area contributed by atoms with E-state index in [2.05, 4.69) is 82.2 Å². The molecule has 0 spiro atoms. The molecule has 4 aromatic heterocycles.